The number of hydrogen-bond donors (Lipinski definition) is 0. The largest absolute Gasteiger partial charge is 0.469 e. The van der Waals surface area contributed by atoms with E-state index in [1.165, 1.54) is 18.9 Å². The van der Waals surface area contributed by atoms with E-state index in [0.717, 1.165) is 30.5 Å². The van der Waals surface area contributed by atoms with E-state index in [4.69, 9.17) is 12.2 Å². The number of ether oxygens (including phenoxy) is 1. The molecule has 1 heterocycles. The second-order valence-corrected chi connectivity index (χ2v) is 7.88. The maximum absolute atomic E-state index is 12.6. The normalized spacial score (nSPS) is 15.7. The first kappa shape index (κ1) is 20.5. The van der Waals surface area contributed by atoms with Crippen LogP contribution in [0.15, 0.2) is 29.2 Å². The van der Waals surface area contributed by atoms with E-state index < -0.39 is 0 Å². The zero-order chi connectivity index (χ0) is 19.1. The van der Waals surface area contributed by atoms with Crippen LogP contribution in [0.3, 0.4) is 0 Å². The third-order valence-corrected chi connectivity index (χ3v) is 5.45. The molecule has 1 fully saturated rings. The lowest BCUT2D eigenvalue weighted by atomic mass is 10.1. The summed E-state index contributed by atoms with van der Waals surface area (Å²) in [5.41, 5.74) is 2.09. The number of thiocarbonyl (C=S) groups is 1. The number of esters is 1. The van der Waals surface area contributed by atoms with Gasteiger partial charge in [0.1, 0.15) is 4.32 Å². The van der Waals surface area contributed by atoms with Crippen molar-refractivity contribution in [1.29, 1.82) is 0 Å². The summed E-state index contributed by atoms with van der Waals surface area (Å²) in [6, 6.07) is 8.03. The number of rotatable bonds is 8. The summed E-state index contributed by atoms with van der Waals surface area (Å²) in [6.07, 6.45) is 4.73. The SMILES string of the molecule is COC(=O)CCCCCN1C(=O)C(=Cc2ccc(N(C)C)cc2)SC1=S. The molecule has 5 nitrogen and oxygen atoms in total. The minimum absolute atomic E-state index is 0.0374. The number of hydrogen-bond acceptors (Lipinski definition) is 6. The summed E-state index contributed by atoms with van der Waals surface area (Å²) in [5.74, 6) is -0.233. The van der Waals surface area contributed by atoms with Crippen LogP contribution in [-0.4, -0.2) is 48.8 Å². The number of anilines is 1. The Balaban J connectivity index is 1.90. The minimum atomic E-state index is -0.196. The number of benzene rings is 1. The maximum atomic E-state index is 12.6. The van der Waals surface area contributed by atoms with Gasteiger partial charge in [0.05, 0.1) is 12.0 Å². The first-order valence-corrected chi connectivity index (χ1v) is 9.74. The van der Waals surface area contributed by atoms with Crippen LogP contribution < -0.4 is 4.90 Å². The predicted octanol–water partition coefficient (Wildman–Crippen LogP) is 3.69. The molecular weight excluding hydrogens is 368 g/mol. The van der Waals surface area contributed by atoms with E-state index in [9.17, 15) is 9.59 Å². The number of carbonyl (C=O) groups is 2. The molecule has 0 bridgehead atoms. The van der Waals surface area contributed by atoms with Crippen molar-refractivity contribution in [2.75, 3.05) is 32.6 Å². The Labute approximate surface area is 164 Å². The highest BCUT2D eigenvalue weighted by atomic mass is 32.2. The van der Waals surface area contributed by atoms with Crippen molar-refractivity contribution in [2.45, 2.75) is 25.7 Å². The van der Waals surface area contributed by atoms with E-state index in [0.29, 0.717) is 22.2 Å². The standard InChI is InChI=1S/C19H24N2O3S2/c1-20(2)15-10-8-14(9-11-15)13-16-18(23)21(19(25)26-16)12-6-4-5-7-17(22)24-3/h8-11,13H,4-7,12H2,1-3H3. The van der Waals surface area contributed by atoms with Crippen LogP contribution in [-0.2, 0) is 14.3 Å². The number of thioether (sulfide) groups is 1. The lowest BCUT2D eigenvalue weighted by molar-refractivity contribution is -0.140. The number of carbonyl (C=O) groups excluding carboxylic acids is 2. The third-order valence-electron chi connectivity index (χ3n) is 4.07. The molecule has 0 N–H and O–H groups in total. The van der Waals surface area contributed by atoms with Gasteiger partial charge in [-0.2, -0.15) is 0 Å². The molecule has 1 amide bonds. The smallest absolute Gasteiger partial charge is 0.305 e. The van der Waals surface area contributed by atoms with Gasteiger partial charge in [-0.05, 0) is 36.6 Å². The van der Waals surface area contributed by atoms with Gasteiger partial charge in [0, 0.05) is 32.7 Å². The van der Waals surface area contributed by atoms with E-state index in [1.54, 1.807) is 4.90 Å². The van der Waals surface area contributed by atoms with Crippen molar-refractivity contribution in [2.24, 2.45) is 0 Å². The Hall–Kier alpha value is -1.86. The number of methoxy groups -OCH3 is 1. The molecule has 0 aromatic heterocycles. The van der Waals surface area contributed by atoms with Gasteiger partial charge in [-0.25, -0.2) is 0 Å². The molecule has 26 heavy (non-hydrogen) atoms. The van der Waals surface area contributed by atoms with Crippen LogP contribution >= 0.6 is 24.0 Å². The van der Waals surface area contributed by atoms with Gasteiger partial charge in [-0.3, -0.25) is 14.5 Å². The molecule has 1 saturated heterocycles. The molecule has 0 aliphatic carbocycles. The molecule has 0 saturated carbocycles. The van der Waals surface area contributed by atoms with Crippen molar-refractivity contribution >= 4 is 51.9 Å². The first-order chi connectivity index (χ1) is 12.4. The van der Waals surface area contributed by atoms with E-state index >= 15 is 0 Å². The van der Waals surface area contributed by atoms with Crippen LogP contribution in [0.25, 0.3) is 6.08 Å². The highest BCUT2D eigenvalue weighted by Crippen LogP contribution is 2.33. The summed E-state index contributed by atoms with van der Waals surface area (Å²) in [5, 5.41) is 0. The van der Waals surface area contributed by atoms with Crippen molar-refractivity contribution in [3.63, 3.8) is 0 Å². The minimum Gasteiger partial charge on any atom is -0.469 e. The molecule has 0 atom stereocenters. The average molecular weight is 393 g/mol. The molecule has 1 aromatic rings. The highest BCUT2D eigenvalue weighted by molar-refractivity contribution is 8.26. The fourth-order valence-electron chi connectivity index (χ4n) is 2.53. The fourth-order valence-corrected chi connectivity index (χ4v) is 3.84. The molecule has 1 aromatic carbocycles. The quantitative estimate of drug-likeness (QED) is 0.291. The van der Waals surface area contributed by atoms with Gasteiger partial charge in [-0.1, -0.05) is 42.5 Å². The van der Waals surface area contributed by atoms with Crippen molar-refractivity contribution in [1.82, 2.24) is 4.90 Å². The van der Waals surface area contributed by atoms with Crippen LogP contribution in [0.4, 0.5) is 5.69 Å². The molecule has 0 spiro atoms. The number of unbranched alkanes of at least 4 members (excludes halogenated alkanes) is 2. The van der Waals surface area contributed by atoms with Gasteiger partial charge in [0.15, 0.2) is 0 Å². The molecule has 1 aliphatic rings. The monoisotopic (exact) mass is 392 g/mol. The summed E-state index contributed by atoms with van der Waals surface area (Å²) in [7, 11) is 5.37. The van der Waals surface area contributed by atoms with Crippen LogP contribution in [0.1, 0.15) is 31.2 Å². The lowest BCUT2D eigenvalue weighted by Gasteiger charge is -2.14. The average Bonchev–Trinajstić information content (AvgIpc) is 2.88. The van der Waals surface area contributed by atoms with E-state index in [1.807, 2.05) is 49.3 Å². The van der Waals surface area contributed by atoms with Crippen LogP contribution in [0.2, 0.25) is 0 Å². The first-order valence-electron chi connectivity index (χ1n) is 8.52. The summed E-state index contributed by atoms with van der Waals surface area (Å²) < 4.78 is 5.21. The van der Waals surface area contributed by atoms with Crippen LogP contribution in [0.5, 0.6) is 0 Å². The van der Waals surface area contributed by atoms with Gasteiger partial charge in [0.25, 0.3) is 5.91 Å². The Kier molecular flexibility index (Phi) is 7.66. The van der Waals surface area contributed by atoms with E-state index in [-0.39, 0.29) is 11.9 Å². The Morgan fingerprint density at radius 2 is 1.92 bits per heavy atom. The van der Waals surface area contributed by atoms with Crippen molar-refractivity contribution in [3.8, 4) is 0 Å². The Bertz CT molecular complexity index is 699. The lowest BCUT2D eigenvalue weighted by Crippen LogP contribution is -2.29. The van der Waals surface area contributed by atoms with Gasteiger partial charge in [0.2, 0.25) is 0 Å². The summed E-state index contributed by atoms with van der Waals surface area (Å²) in [6.45, 7) is 0.586. The van der Waals surface area contributed by atoms with Crippen molar-refractivity contribution < 1.29 is 14.3 Å². The fraction of sp³-hybridized carbons (Fsp3) is 0.421. The van der Waals surface area contributed by atoms with Crippen molar-refractivity contribution in [3.05, 3.63) is 34.7 Å². The molecule has 0 unspecified atom stereocenters. The number of amides is 1. The second kappa shape index (κ2) is 9.73. The third kappa shape index (κ3) is 5.57. The summed E-state index contributed by atoms with van der Waals surface area (Å²) >= 11 is 6.69. The Morgan fingerprint density at radius 3 is 2.54 bits per heavy atom. The molecule has 1 aliphatic heterocycles. The van der Waals surface area contributed by atoms with Gasteiger partial charge >= 0.3 is 5.97 Å². The second-order valence-electron chi connectivity index (χ2n) is 6.21. The molecule has 140 valence electrons. The van der Waals surface area contributed by atoms with E-state index in [2.05, 4.69) is 4.74 Å². The topological polar surface area (TPSA) is 49.9 Å². The van der Waals surface area contributed by atoms with Gasteiger partial charge in [-0.15, -0.1) is 0 Å². The summed E-state index contributed by atoms with van der Waals surface area (Å²) in [4.78, 5) is 28.0. The zero-order valence-corrected chi connectivity index (χ0v) is 17.0. The molecule has 2 rings (SSSR count). The predicted molar refractivity (Wildman–Crippen MR) is 111 cm³/mol. The maximum Gasteiger partial charge on any atom is 0.305 e. The molecule has 0 radical (unpaired) electrons. The zero-order valence-electron chi connectivity index (χ0n) is 15.4. The van der Waals surface area contributed by atoms with Crippen LogP contribution in [0, 0.1) is 0 Å². The molecular formula is C19H24N2O3S2. The Morgan fingerprint density at radius 1 is 1.23 bits per heavy atom. The highest BCUT2D eigenvalue weighted by Gasteiger charge is 2.31. The molecule has 7 heteroatoms. The number of nitrogens with zero attached hydrogens (tertiary/aromatic N) is 2. The van der Waals surface area contributed by atoms with Gasteiger partial charge < -0.3 is 9.64 Å².